The average Bonchev–Trinajstić information content (AvgIpc) is 2.38. The third-order valence-corrected chi connectivity index (χ3v) is 2.90. The predicted molar refractivity (Wildman–Crippen MR) is 79.1 cm³/mol. The van der Waals surface area contributed by atoms with Crippen LogP contribution in [0.3, 0.4) is 0 Å². The molecular weight excluding hydrogens is 220 g/mol. The third-order valence-electron chi connectivity index (χ3n) is 2.90. The number of phenolic OH excluding ortho intramolecular Hbond substituents is 1. The zero-order chi connectivity index (χ0) is 13.7. The molecule has 0 saturated carbocycles. The van der Waals surface area contributed by atoms with Gasteiger partial charge in [-0.2, -0.15) is 0 Å². The first kappa shape index (κ1) is 14.3. The quantitative estimate of drug-likeness (QED) is 0.745. The number of phenols is 1. The van der Waals surface area contributed by atoms with Crippen LogP contribution in [0.1, 0.15) is 30.5 Å². The van der Waals surface area contributed by atoms with Crippen molar-refractivity contribution < 1.29 is 5.11 Å². The van der Waals surface area contributed by atoms with Crippen LogP contribution in [-0.2, 0) is 0 Å². The van der Waals surface area contributed by atoms with E-state index in [-0.39, 0.29) is 0 Å². The van der Waals surface area contributed by atoms with Gasteiger partial charge < -0.3 is 5.11 Å². The number of hydrogen-bond acceptors (Lipinski definition) is 1. The van der Waals surface area contributed by atoms with Crippen molar-refractivity contribution in [2.75, 3.05) is 0 Å². The van der Waals surface area contributed by atoms with E-state index in [9.17, 15) is 5.11 Å². The first-order chi connectivity index (χ1) is 8.58. The van der Waals surface area contributed by atoms with Gasteiger partial charge in [-0.15, -0.1) is 0 Å². The van der Waals surface area contributed by atoms with Gasteiger partial charge in [-0.3, -0.25) is 0 Å². The van der Waals surface area contributed by atoms with Gasteiger partial charge in [0.1, 0.15) is 5.75 Å². The fourth-order valence-corrected chi connectivity index (χ4v) is 1.93. The van der Waals surface area contributed by atoms with Crippen LogP contribution in [0.2, 0.25) is 0 Å². The Labute approximate surface area is 110 Å². The molecule has 1 N–H and O–H groups in total. The van der Waals surface area contributed by atoms with Gasteiger partial charge in [0, 0.05) is 0 Å². The molecule has 0 spiro atoms. The topological polar surface area (TPSA) is 20.2 Å². The lowest BCUT2D eigenvalue weighted by Crippen LogP contribution is -1.88. The summed E-state index contributed by atoms with van der Waals surface area (Å²) in [5, 5.41) is 9.56. The van der Waals surface area contributed by atoms with Gasteiger partial charge >= 0.3 is 0 Å². The minimum atomic E-state index is 0.321. The Balaban J connectivity index is 0.000000771. The molecule has 0 radical (unpaired) electrons. The maximum Gasteiger partial charge on any atom is 0.116 e. The molecule has 0 aromatic heterocycles. The Morgan fingerprint density at radius 3 is 1.83 bits per heavy atom. The smallest absolute Gasteiger partial charge is 0.116 e. The number of hydrogen-bond donors (Lipinski definition) is 1. The van der Waals surface area contributed by atoms with Crippen LogP contribution in [-0.4, -0.2) is 5.11 Å². The van der Waals surface area contributed by atoms with Crippen molar-refractivity contribution in [3.05, 3.63) is 53.1 Å². The van der Waals surface area contributed by atoms with Gasteiger partial charge in [0.15, 0.2) is 0 Å². The van der Waals surface area contributed by atoms with E-state index in [1.54, 1.807) is 6.07 Å². The fourth-order valence-electron chi connectivity index (χ4n) is 1.93. The Hall–Kier alpha value is -1.76. The van der Waals surface area contributed by atoms with Crippen LogP contribution in [0.5, 0.6) is 5.75 Å². The molecule has 2 rings (SSSR count). The average molecular weight is 242 g/mol. The lowest BCUT2D eigenvalue weighted by atomic mass is 9.95. The highest BCUT2D eigenvalue weighted by molar-refractivity contribution is 5.72. The lowest BCUT2D eigenvalue weighted by Gasteiger charge is -2.10. The van der Waals surface area contributed by atoms with E-state index in [4.69, 9.17) is 0 Å². The molecule has 0 aliphatic rings. The molecule has 1 heteroatoms. The van der Waals surface area contributed by atoms with Crippen molar-refractivity contribution in [2.45, 2.75) is 34.6 Å². The highest BCUT2D eigenvalue weighted by Crippen LogP contribution is 2.30. The molecule has 1 nitrogen and oxygen atoms in total. The van der Waals surface area contributed by atoms with Crippen LogP contribution < -0.4 is 0 Å². The number of aryl methyl sites for hydroxylation is 3. The molecular formula is C17H22O. The molecule has 2 aromatic rings. The fraction of sp³-hybridized carbons (Fsp3) is 0.294. The normalized spacial score (nSPS) is 9.61. The maximum absolute atomic E-state index is 9.56. The molecule has 96 valence electrons. The molecule has 2 aromatic carbocycles. The first-order valence-electron chi connectivity index (χ1n) is 6.45. The van der Waals surface area contributed by atoms with Crippen LogP contribution in [0, 0.1) is 20.8 Å². The summed E-state index contributed by atoms with van der Waals surface area (Å²) in [5.74, 6) is 0.321. The Bertz CT molecular complexity index is 478. The molecule has 0 bridgehead atoms. The summed E-state index contributed by atoms with van der Waals surface area (Å²) in [5.41, 5.74) is 5.98. The van der Waals surface area contributed by atoms with Gasteiger partial charge in [0.25, 0.3) is 0 Å². The summed E-state index contributed by atoms with van der Waals surface area (Å²) in [7, 11) is 0. The van der Waals surface area contributed by atoms with Crippen molar-refractivity contribution >= 4 is 0 Å². The van der Waals surface area contributed by atoms with E-state index in [0.29, 0.717) is 5.75 Å². The minimum absolute atomic E-state index is 0.321. The van der Waals surface area contributed by atoms with E-state index in [2.05, 4.69) is 39.0 Å². The van der Waals surface area contributed by atoms with Crippen LogP contribution >= 0.6 is 0 Å². The third kappa shape index (κ3) is 3.13. The SMILES string of the molecule is CC.Cc1ccc(C)c(-c2cc(O)ccc2C)c1. The second-order valence-corrected chi connectivity index (χ2v) is 4.32. The standard InChI is InChI=1S/C15H16O.C2H6/c1-10-4-5-11(2)14(8-10)15-9-13(16)7-6-12(15)3;1-2/h4-9,16H,1-3H3;1-2H3. The van der Waals surface area contributed by atoms with E-state index >= 15 is 0 Å². The van der Waals surface area contributed by atoms with Crippen molar-refractivity contribution in [1.82, 2.24) is 0 Å². The molecule has 0 heterocycles. The highest BCUT2D eigenvalue weighted by Gasteiger charge is 2.06. The van der Waals surface area contributed by atoms with Crippen LogP contribution in [0.15, 0.2) is 36.4 Å². The minimum Gasteiger partial charge on any atom is -0.508 e. The summed E-state index contributed by atoms with van der Waals surface area (Å²) in [6, 6.07) is 11.9. The highest BCUT2D eigenvalue weighted by atomic mass is 16.3. The summed E-state index contributed by atoms with van der Waals surface area (Å²) in [6.07, 6.45) is 0. The van der Waals surface area contributed by atoms with Crippen molar-refractivity contribution in [2.24, 2.45) is 0 Å². The summed E-state index contributed by atoms with van der Waals surface area (Å²) < 4.78 is 0. The summed E-state index contributed by atoms with van der Waals surface area (Å²) in [4.78, 5) is 0. The predicted octanol–water partition coefficient (Wildman–Crippen LogP) is 5.01. The summed E-state index contributed by atoms with van der Waals surface area (Å²) in [6.45, 7) is 10.2. The number of benzene rings is 2. The first-order valence-corrected chi connectivity index (χ1v) is 6.45. The van der Waals surface area contributed by atoms with Crippen LogP contribution in [0.25, 0.3) is 11.1 Å². The zero-order valence-electron chi connectivity index (χ0n) is 11.9. The van der Waals surface area contributed by atoms with Gasteiger partial charge in [0.2, 0.25) is 0 Å². The Kier molecular flexibility index (Phi) is 4.96. The Morgan fingerprint density at radius 1 is 0.722 bits per heavy atom. The van der Waals surface area contributed by atoms with Gasteiger partial charge in [-0.1, -0.05) is 43.7 Å². The van der Waals surface area contributed by atoms with Crippen LogP contribution in [0.4, 0.5) is 0 Å². The van der Waals surface area contributed by atoms with E-state index in [1.807, 2.05) is 26.0 Å². The van der Waals surface area contributed by atoms with Gasteiger partial charge in [-0.05, 0) is 55.2 Å². The van der Waals surface area contributed by atoms with Crippen molar-refractivity contribution in [3.8, 4) is 16.9 Å². The Morgan fingerprint density at radius 2 is 1.22 bits per heavy atom. The molecule has 0 aliphatic heterocycles. The van der Waals surface area contributed by atoms with E-state index in [0.717, 1.165) is 5.56 Å². The number of rotatable bonds is 1. The van der Waals surface area contributed by atoms with Gasteiger partial charge in [0.05, 0.1) is 0 Å². The molecule has 0 atom stereocenters. The molecule has 0 amide bonds. The second-order valence-electron chi connectivity index (χ2n) is 4.32. The molecule has 18 heavy (non-hydrogen) atoms. The molecule has 0 saturated heterocycles. The molecule has 0 fully saturated rings. The van der Waals surface area contributed by atoms with E-state index in [1.165, 1.54) is 22.3 Å². The monoisotopic (exact) mass is 242 g/mol. The lowest BCUT2D eigenvalue weighted by molar-refractivity contribution is 0.475. The van der Waals surface area contributed by atoms with Crippen molar-refractivity contribution in [3.63, 3.8) is 0 Å². The summed E-state index contributed by atoms with van der Waals surface area (Å²) >= 11 is 0. The molecule has 0 unspecified atom stereocenters. The van der Waals surface area contributed by atoms with Crippen molar-refractivity contribution in [1.29, 1.82) is 0 Å². The number of aromatic hydroxyl groups is 1. The van der Waals surface area contributed by atoms with E-state index < -0.39 is 0 Å². The largest absolute Gasteiger partial charge is 0.508 e. The maximum atomic E-state index is 9.56. The zero-order valence-corrected chi connectivity index (χ0v) is 11.9. The second kappa shape index (κ2) is 6.25. The van der Waals surface area contributed by atoms with Gasteiger partial charge in [-0.25, -0.2) is 0 Å². The molecule has 0 aliphatic carbocycles.